The van der Waals surface area contributed by atoms with Crippen molar-refractivity contribution in [3.05, 3.63) is 283 Å². The molecule has 1 aromatic heterocycles. The molecule has 12 aromatic carbocycles. The van der Waals surface area contributed by atoms with Gasteiger partial charge in [-0.1, -0.05) is 243 Å². The summed E-state index contributed by atoms with van der Waals surface area (Å²) in [6.07, 6.45) is 0. The van der Waals surface area contributed by atoms with E-state index in [-0.39, 0.29) is 5.41 Å². The highest BCUT2D eigenvalue weighted by Gasteiger charge is 2.51. The number of nitrogens with zero attached hydrogens (tertiary/aromatic N) is 3. The second-order valence-electron chi connectivity index (χ2n) is 19.4. The van der Waals surface area contributed by atoms with Crippen LogP contribution in [0.2, 0.25) is 0 Å². The van der Waals surface area contributed by atoms with Crippen LogP contribution >= 0.6 is 0 Å². The van der Waals surface area contributed by atoms with Crippen molar-refractivity contribution in [2.24, 2.45) is 0 Å². The maximum atomic E-state index is 5.15. The zero-order valence-electron chi connectivity index (χ0n) is 39.7. The summed E-state index contributed by atoms with van der Waals surface area (Å²) in [6, 6.07) is 94.9. The summed E-state index contributed by atoms with van der Waals surface area (Å²) in [5, 5.41) is 7.43. The number of hydrogen-bond acceptors (Lipinski definition) is 3. The molecule has 73 heavy (non-hydrogen) atoms. The molecular formula is C70H43N3. The molecule has 0 aliphatic heterocycles. The lowest BCUT2D eigenvalue weighted by molar-refractivity contribution is 0.794. The van der Waals surface area contributed by atoms with Gasteiger partial charge in [0.05, 0.1) is 5.41 Å². The number of fused-ring (bicyclic) bond motifs is 16. The first-order valence-electron chi connectivity index (χ1n) is 25.1. The summed E-state index contributed by atoms with van der Waals surface area (Å²) in [5.74, 6) is 1.90. The van der Waals surface area contributed by atoms with Crippen LogP contribution in [0.3, 0.4) is 0 Å². The van der Waals surface area contributed by atoms with Crippen LogP contribution in [0.25, 0.3) is 122 Å². The van der Waals surface area contributed by atoms with Gasteiger partial charge in [-0.3, -0.25) is 0 Å². The number of benzene rings is 12. The molecule has 0 N–H and O–H groups in total. The minimum atomic E-state index is -0.377. The van der Waals surface area contributed by atoms with Crippen molar-refractivity contribution in [3.63, 3.8) is 0 Å². The van der Waals surface area contributed by atoms with Gasteiger partial charge < -0.3 is 0 Å². The van der Waals surface area contributed by atoms with Crippen LogP contribution in [0.15, 0.2) is 261 Å². The van der Waals surface area contributed by atoms with Crippen LogP contribution in [-0.4, -0.2) is 15.0 Å². The molecule has 0 atom stereocenters. The Bertz CT molecular complexity index is 4320. The summed E-state index contributed by atoms with van der Waals surface area (Å²) in [4.78, 5) is 15.3. The molecule has 13 aromatic rings. The van der Waals surface area contributed by atoms with Gasteiger partial charge in [0.1, 0.15) is 0 Å². The molecule has 0 bridgehead atoms. The number of hydrogen-bond donors (Lipinski definition) is 0. The Hall–Kier alpha value is -9.57. The maximum Gasteiger partial charge on any atom is 0.164 e. The monoisotopic (exact) mass is 925 g/mol. The van der Waals surface area contributed by atoms with Crippen LogP contribution < -0.4 is 0 Å². The molecule has 0 amide bonds. The number of rotatable bonds is 6. The molecule has 3 nitrogen and oxygen atoms in total. The van der Waals surface area contributed by atoms with Gasteiger partial charge in [-0.15, -0.1) is 0 Å². The van der Waals surface area contributed by atoms with Gasteiger partial charge in [0.2, 0.25) is 0 Å². The Balaban J connectivity index is 0.867. The maximum absolute atomic E-state index is 5.15. The minimum Gasteiger partial charge on any atom is -0.208 e. The highest BCUT2D eigenvalue weighted by molar-refractivity contribution is 6.29. The molecule has 15 rings (SSSR count). The Labute approximate surface area is 423 Å². The van der Waals surface area contributed by atoms with Crippen LogP contribution in [0, 0.1) is 0 Å². The fourth-order valence-electron chi connectivity index (χ4n) is 12.3. The zero-order chi connectivity index (χ0) is 48.0. The summed E-state index contributed by atoms with van der Waals surface area (Å²) < 4.78 is 0. The molecule has 0 radical (unpaired) electrons. The topological polar surface area (TPSA) is 38.7 Å². The first-order valence-corrected chi connectivity index (χ1v) is 25.1. The highest BCUT2D eigenvalue weighted by Crippen LogP contribution is 2.63. The number of aromatic nitrogens is 3. The first-order chi connectivity index (χ1) is 36.2. The molecule has 0 fully saturated rings. The Morgan fingerprint density at radius 1 is 0.205 bits per heavy atom. The molecular weight excluding hydrogens is 883 g/mol. The van der Waals surface area contributed by atoms with Crippen molar-refractivity contribution < 1.29 is 0 Å². The van der Waals surface area contributed by atoms with Crippen molar-refractivity contribution in [3.8, 4) is 89.8 Å². The second kappa shape index (κ2) is 16.2. The molecule has 1 spiro atoms. The van der Waals surface area contributed by atoms with Crippen LogP contribution in [-0.2, 0) is 5.41 Å². The van der Waals surface area contributed by atoms with Crippen molar-refractivity contribution in [1.29, 1.82) is 0 Å². The van der Waals surface area contributed by atoms with E-state index in [0.29, 0.717) is 17.5 Å². The van der Waals surface area contributed by atoms with Crippen molar-refractivity contribution >= 4 is 32.3 Å². The fourth-order valence-corrected chi connectivity index (χ4v) is 12.3. The lowest BCUT2D eigenvalue weighted by Gasteiger charge is -2.30. The lowest BCUT2D eigenvalue weighted by atomic mass is 9.70. The second-order valence-corrected chi connectivity index (χ2v) is 19.4. The summed E-state index contributed by atoms with van der Waals surface area (Å²) in [6.45, 7) is 0. The van der Waals surface area contributed by atoms with E-state index in [9.17, 15) is 0 Å². The summed E-state index contributed by atoms with van der Waals surface area (Å²) in [5.41, 5.74) is 20.1. The highest BCUT2D eigenvalue weighted by atomic mass is 15.0. The van der Waals surface area contributed by atoms with Gasteiger partial charge in [-0.2, -0.15) is 0 Å². The van der Waals surface area contributed by atoms with Crippen molar-refractivity contribution in [1.82, 2.24) is 15.0 Å². The predicted molar refractivity (Wildman–Crippen MR) is 301 cm³/mol. The normalized spacial score (nSPS) is 12.8. The summed E-state index contributed by atoms with van der Waals surface area (Å²) in [7, 11) is 0. The first kappa shape index (κ1) is 41.2. The Kier molecular flexibility index (Phi) is 9.18. The van der Waals surface area contributed by atoms with Crippen molar-refractivity contribution in [2.75, 3.05) is 0 Å². The molecule has 2 aliphatic carbocycles. The molecule has 0 saturated heterocycles. The average Bonchev–Trinajstić information content (AvgIpc) is 4.02. The zero-order valence-corrected chi connectivity index (χ0v) is 39.7. The molecule has 0 unspecified atom stereocenters. The standard InChI is InChI=1S/C70H43N3/c1-3-17-44(18-4-1)45-33-35-47(36-34-45)68-71-67(46-19-5-2-6-20-46)72-69(73-68)51-22-15-21-48(41-51)49-37-39-59-60(42-49)54-24-8-7-23-53(54)58-29-16-28-52(66(58)59)50-38-40-65-61(43-50)57-27-11-14-32-64(57)70(65)62-30-12-9-25-55(62)56-26-10-13-31-63(56)70/h1-43H. The van der Waals surface area contributed by atoms with E-state index in [4.69, 9.17) is 15.0 Å². The molecule has 3 heteroatoms. The third-order valence-corrected chi connectivity index (χ3v) is 15.5. The third kappa shape index (κ3) is 6.29. The smallest absolute Gasteiger partial charge is 0.164 e. The van der Waals surface area contributed by atoms with Crippen LogP contribution in [0.5, 0.6) is 0 Å². The summed E-state index contributed by atoms with van der Waals surface area (Å²) >= 11 is 0. The minimum absolute atomic E-state index is 0.377. The van der Waals surface area contributed by atoms with E-state index in [1.165, 1.54) is 93.5 Å². The molecule has 0 saturated carbocycles. The molecule has 1 heterocycles. The van der Waals surface area contributed by atoms with E-state index in [1.54, 1.807) is 0 Å². The average molecular weight is 926 g/mol. The van der Waals surface area contributed by atoms with Gasteiger partial charge in [-0.25, -0.2) is 15.0 Å². The molecule has 338 valence electrons. The predicted octanol–water partition coefficient (Wildman–Crippen LogP) is 17.7. The van der Waals surface area contributed by atoms with Crippen molar-refractivity contribution in [2.45, 2.75) is 5.41 Å². The van der Waals surface area contributed by atoms with Gasteiger partial charge in [-0.05, 0) is 128 Å². The lowest BCUT2D eigenvalue weighted by Crippen LogP contribution is -2.25. The van der Waals surface area contributed by atoms with E-state index in [1.807, 2.05) is 24.3 Å². The largest absolute Gasteiger partial charge is 0.208 e. The van der Waals surface area contributed by atoms with Gasteiger partial charge in [0.15, 0.2) is 17.5 Å². The van der Waals surface area contributed by atoms with Crippen LogP contribution in [0.1, 0.15) is 22.3 Å². The third-order valence-electron chi connectivity index (χ3n) is 15.5. The quantitative estimate of drug-likeness (QED) is 0.156. The SMILES string of the molecule is c1ccc(-c2ccc(-c3nc(-c4ccccc4)nc(-c4cccc(-c5ccc6c(c5)c5ccccc5c5cccc(-c7ccc8c(c7)-c7ccccc7C87c8ccccc8-c8ccccc87)c56)c4)n3)cc2)cc1. The Morgan fingerprint density at radius 3 is 1.27 bits per heavy atom. The fraction of sp³-hybridized carbons (Fsp3) is 0.0143. The van der Waals surface area contributed by atoms with E-state index in [0.717, 1.165) is 33.4 Å². The van der Waals surface area contributed by atoms with E-state index in [2.05, 4.69) is 237 Å². The van der Waals surface area contributed by atoms with E-state index < -0.39 is 0 Å². The van der Waals surface area contributed by atoms with E-state index >= 15 is 0 Å². The van der Waals surface area contributed by atoms with Gasteiger partial charge in [0.25, 0.3) is 0 Å². The van der Waals surface area contributed by atoms with Gasteiger partial charge >= 0.3 is 0 Å². The molecule has 2 aliphatic rings. The van der Waals surface area contributed by atoms with Crippen LogP contribution in [0.4, 0.5) is 0 Å². The Morgan fingerprint density at radius 2 is 0.603 bits per heavy atom. The van der Waals surface area contributed by atoms with Gasteiger partial charge in [0, 0.05) is 16.7 Å².